The summed E-state index contributed by atoms with van der Waals surface area (Å²) in [6, 6.07) is 11.3. The van der Waals surface area contributed by atoms with Gasteiger partial charge in [0.2, 0.25) is 12.3 Å². The van der Waals surface area contributed by atoms with E-state index in [1.54, 1.807) is 0 Å². The first-order chi connectivity index (χ1) is 12.5. The molecule has 0 fully saturated rings. The topological polar surface area (TPSA) is 75.7 Å². The maximum absolute atomic E-state index is 12.8. The van der Waals surface area contributed by atoms with Crippen LogP contribution in [0.3, 0.4) is 0 Å². The van der Waals surface area contributed by atoms with E-state index in [0.29, 0.717) is 23.2 Å². The van der Waals surface area contributed by atoms with E-state index in [0.717, 1.165) is 5.56 Å². The molecule has 2 atom stereocenters. The molecule has 0 aliphatic heterocycles. The lowest BCUT2D eigenvalue weighted by molar-refractivity contribution is 0.119. The molecule has 0 bridgehead atoms. The molecule has 0 spiro atoms. The largest absolute Gasteiger partial charge is 0.469 e. The number of hydrogen-bond acceptors (Lipinski definition) is 5. The number of nitrogens with one attached hydrogen (secondary N) is 2. The summed E-state index contributed by atoms with van der Waals surface area (Å²) in [4.78, 5) is 8.41. The molecule has 3 rings (SSSR count). The monoisotopic (exact) mass is 359 g/mol. The summed E-state index contributed by atoms with van der Waals surface area (Å²) in [6.07, 6.45) is 0.369. The molecule has 6 nitrogen and oxygen atoms in total. The second-order valence-electron chi connectivity index (χ2n) is 5.87. The zero-order chi connectivity index (χ0) is 18.5. The van der Waals surface area contributed by atoms with E-state index in [9.17, 15) is 8.78 Å². The van der Waals surface area contributed by atoms with E-state index in [4.69, 9.17) is 4.74 Å². The van der Waals surface area contributed by atoms with Gasteiger partial charge < -0.3 is 10.1 Å². The summed E-state index contributed by atoms with van der Waals surface area (Å²) in [6.45, 7) is 3.35. The molecule has 2 N–H and O–H groups in total. The third-order valence-corrected chi connectivity index (χ3v) is 3.90. The molecule has 8 heteroatoms. The van der Waals surface area contributed by atoms with Gasteiger partial charge in [-0.3, -0.25) is 10.1 Å². The second kappa shape index (κ2) is 7.90. The zero-order valence-corrected chi connectivity index (χ0v) is 14.4. The highest BCUT2D eigenvalue weighted by Gasteiger charge is 2.19. The molecule has 0 saturated heterocycles. The fourth-order valence-electron chi connectivity index (χ4n) is 2.34. The number of benzene rings is 1. The Morgan fingerprint density at radius 2 is 1.85 bits per heavy atom. The SMILES string of the molecule is C[C@H](Oc1cncc(Nc2cc([C@@H](C)C(F)F)[nH]n2)n1)c1ccccc1. The molecule has 0 saturated carbocycles. The Balaban J connectivity index is 1.68. The standard InChI is InChI=1S/C18H19F2N5O/c1-11(18(19)20)14-8-15(25-24-14)22-16-9-21-10-17(23-16)26-12(2)13-6-4-3-5-7-13/h3-12,18H,1-2H3,(H2,22,23,24,25)/t11-,12+/m1/s1. The van der Waals surface area contributed by atoms with Gasteiger partial charge in [-0.2, -0.15) is 10.1 Å². The summed E-state index contributed by atoms with van der Waals surface area (Å²) in [5.74, 6) is 0.217. The van der Waals surface area contributed by atoms with Crippen molar-refractivity contribution in [2.45, 2.75) is 32.3 Å². The number of H-pyrrole nitrogens is 1. The molecule has 136 valence electrons. The third kappa shape index (κ3) is 4.33. The van der Waals surface area contributed by atoms with Crippen LogP contribution in [0, 0.1) is 0 Å². The molecule has 1 aromatic carbocycles. The maximum Gasteiger partial charge on any atom is 0.246 e. The minimum absolute atomic E-state index is 0.190. The number of anilines is 2. The van der Waals surface area contributed by atoms with Crippen molar-refractivity contribution in [1.29, 1.82) is 0 Å². The zero-order valence-electron chi connectivity index (χ0n) is 14.4. The average molecular weight is 359 g/mol. The van der Waals surface area contributed by atoms with Crippen molar-refractivity contribution < 1.29 is 13.5 Å². The van der Waals surface area contributed by atoms with Gasteiger partial charge in [-0.1, -0.05) is 37.3 Å². The second-order valence-corrected chi connectivity index (χ2v) is 5.87. The Kier molecular flexibility index (Phi) is 5.40. The van der Waals surface area contributed by atoms with Gasteiger partial charge in [0.05, 0.1) is 18.3 Å². The van der Waals surface area contributed by atoms with Crippen LogP contribution in [0.2, 0.25) is 0 Å². The Labute approximate surface area is 149 Å². The van der Waals surface area contributed by atoms with Crippen LogP contribution in [-0.4, -0.2) is 26.6 Å². The molecule has 0 amide bonds. The van der Waals surface area contributed by atoms with E-state index in [1.807, 2.05) is 37.3 Å². The van der Waals surface area contributed by atoms with E-state index in [2.05, 4.69) is 25.5 Å². The van der Waals surface area contributed by atoms with Crippen LogP contribution in [0.25, 0.3) is 0 Å². The highest BCUT2D eigenvalue weighted by Crippen LogP contribution is 2.24. The van der Waals surface area contributed by atoms with Gasteiger partial charge in [-0.25, -0.2) is 8.78 Å². The molecular formula is C18H19F2N5O. The summed E-state index contributed by atoms with van der Waals surface area (Å²) in [5.41, 5.74) is 1.37. The van der Waals surface area contributed by atoms with Crippen LogP contribution in [0.4, 0.5) is 20.4 Å². The van der Waals surface area contributed by atoms with E-state index >= 15 is 0 Å². The molecule has 2 aromatic heterocycles. The quantitative estimate of drug-likeness (QED) is 0.652. The van der Waals surface area contributed by atoms with E-state index in [1.165, 1.54) is 25.4 Å². The average Bonchev–Trinajstić information content (AvgIpc) is 3.10. The van der Waals surface area contributed by atoms with Crippen molar-refractivity contribution >= 4 is 11.6 Å². The number of aromatic amines is 1. The third-order valence-electron chi connectivity index (χ3n) is 3.90. The molecule has 3 aromatic rings. The van der Waals surface area contributed by atoms with Crippen molar-refractivity contribution in [3.8, 4) is 5.88 Å². The van der Waals surface area contributed by atoms with Gasteiger partial charge in [0.15, 0.2) is 11.6 Å². The van der Waals surface area contributed by atoms with Gasteiger partial charge in [0, 0.05) is 11.8 Å². The molecule has 0 aliphatic carbocycles. The van der Waals surface area contributed by atoms with Gasteiger partial charge in [0.1, 0.15) is 6.10 Å². The first-order valence-corrected chi connectivity index (χ1v) is 8.17. The van der Waals surface area contributed by atoms with Gasteiger partial charge in [0.25, 0.3) is 0 Å². The Morgan fingerprint density at radius 1 is 1.08 bits per heavy atom. The number of hydrogen-bond donors (Lipinski definition) is 2. The molecule has 0 radical (unpaired) electrons. The first kappa shape index (κ1) is 17.8. The van der Waals surface area contributed by atoms with Crippen molar-refractivity contribution in [1.82, 2.24) is 20.2 Å². The number of alkyl halides is 2. The normalized spacial score (nSPS) is 13.4. The summed E-state index contributed by atoms with van der Waals surface area (Å²) >= 11 is 0. The molecule has 0 unspecified atom stereocenters. The predicted octanol–water partition coefficient (Wildman–Crippen LogP) is 4.45. The van der Waals surface area contributed by atoms with Crippen molar-refractivity contribution in [2.24, 2.45) is 0 Å². The lowest BCUT2D eigenvalue weighted by Gasteiger charge is -2.14. The number of nitrogens with zero attached hydrogens (tertiary/aromatic N) is 3. The van der Waals surface area contributed by atoms with Gasteiger partial charge in [-0.15, -0.1) is 0 Å². The number of aromatic nitrogens is 4. The number of ether oxygens (including phenoxy) is 1. The van der Waals surface area contributed by atoms with Crippen LogP contribution < -0.4 is 10.1 Å². The Bertz CT molecular complexity index is 840. The Morgan fingerprint density at radius 3 is 2.58 bits per heavy atom. The fourth-order valence-corrected chi connectivity index (χ4v) is 2.34. The van der Waals surface area contributed by atoms with Crippen LogP contribution in [0.5, 0.6) is 5.88 Å². The summed E-state index contributed by atoms with van der Waals surface area (Å²) < 4.78 is 31.3. The highest BCUT2D eigenvalue weighted by atomic mass is 19.3. The number of halogens is 2. The van der Waals surface area contributed by atoms with Crippen LogP contribution >= 0.6 is 0 Å². The van der Waals surface area contributed by atoms with E-state index < -0.39 is 12.3 Å². The number of rotatable bonds is 7. The molecule has 26 heavy (non-hydrogen) atoms. The first-order valence-electron chi connectivity index (χ1n) is 8.17. The van der Waals surface area contributed by atoms with Gasteiger partial charge in [-0.05, 0) is 12.5 Å². The van der Waals surface area contributed by atoms with Crippen LogP contribution in [-0.2, 0) is 0 Å². The van der Waals surface area contributed by atoms with Crippen molar-refractivity contribution in [3.05, 3.63) is 60.0 Å². The van der Waals surface area contributed by atoms with Crippen LogP contribution in [0.15, 0.2) is 48.8 Å². The van der Waals surface area contributed by atoms with Crippen molar-refractivity contribution in [3.63, 3.8) is 0 Å². The fraction of sp³-hybridized carbons (Fsp3) is 0.278. The Hall–Kier alpha value is -3.03. The maximum atomic E-state index is 12.8. The minimum Gasteiger partial charge on any atom is -0.469 e. The molecule has 0 aliphatic rings. The summed E-state index contributed by atoms with van der Waals surface area (Å²) in [7, 11) is 0. The van der Waals surface area contributed by atoms with E-state index in [-0.39, 0.29) is 6.10 Å². The predicted molar refractivity (Wildman–Crippen MR) is 93.8 cm³/mol. The molecule has 2 heterocycles. The minimum atomic E-state index is -2.46. The highest BCUT2D eigenvalue weighted by molar-refractivity contribution is 5.51. The van der Waals surface area contributed by atoms with Crippen LogP contribution in [0.1, 0.15) is 37.1 Å². The smallest absolute Gasteiger partial charge is 0.246 e. The molecular weight excluding hydrogens is 340 g/mol. The summed E-state index contributed by atoms with van der Waals surface area (Å²) in [5, 5.41) is 9.51. The van der Waals surface area contributed by atoms with Gasteiger partial charge >= 0.3 is 0 Å². The lowest BCUT2D eigenvalue weighted by Crippen LogP contribution is -2.05. The van der Waals surface area contributed by atoms with Crippen molar-refractivity contribution in [2.75, 3.05) is 5.32 Å². The lowest BCUT2D eigenvalue weighted by atomic mass is 10.1.